The molecule has 1 fully saturated rings. The third kappa shape index (κ3) is 2.43. The fourth-order valence-electron chi connectivity index (χ4n) is 4.85. The van der Waals surface area contributed by atoms with Gasteiger partial charge in [0.1, 0.15) is 0 Å². The normalized spacial score (nSPS) is 30.1. The molecule has 0 spiro atoms. The summed E-state index contributed by atoms with van der Waals surface area (Å²) in [5.41, 5.74) is 3.59. The van der Waals surface area contributed by atoms with Crippen molar-refractivity contribution in [1.29, 1.82) is 0 Å². The Hall–Kier alpha value is -1.76. The van der Waals surface area contributed by atoms with Gasteiger partial charge in [-0.15, -0.1) is 0 Å². The van der Waals surface area contributed by atoms with E-state index in [2.05, 4.69) is 24.1 Å². The second kappa shape index (κ2) is 6.76. The van der Waals surface area contributed by atoms with Crippen molar-refractivity contribution in [3.63, 3.8) is 0 Å². The highest BCUT2D eigenvalue weighted by atomic mass is 16.7. The van der Waals surface area contributed by atoms with E-state index in [9.17, 15) is 0 Å². The van der Waals surface area contributed by atoms with Gasteiger partial charge < -0.3 is 23.7 Å². The van der Waals surface area contributed by atoms with Gasteiger partial charge in [0, 0.05) is 25.6 Å². The molecule has 1 unspecified atom stereocenters. The van der Waals surface area contributed by atoms with Crippen LogP contribution in [-0.4, -0.2) is 59.1 Å². The Morgan fingerprint density at radius 1 is 1.08 bits per heavy atom. The number of fused-ring (bicyclic) bond motifs is 5. The number of benzene rings is 1. The summed E-state index contributed by atoms with van der Waals surface area (Å²) in [6, 6.07) is 2.42. The van der Waals surface area contributed by atoms with Gasteiger partial charge in [-0.05, 0) is 31.5 Å². The molecule has 0 bridgehead atoms. The van der Waals surface area contributed by atoms with E-state index in [-0.39, 0.29) is 12.0 Å². The molecule has 1 saturated heterocycles. The van der Waals surface area contributed by atoms with Gasteiger partial charge in [-0.2, -0.15) is 0 Å². The molecule has 3 aliphatic rings. The molecule has 2 heterocycles. The van der Waals surface area contributed by atoms with Gasteiger partial charge in [0.25, 0.3) is 0 Å². The fraction of sp³-hybridized carbons (Fsp3) is 0.600. The lowest BCUT2D eigenvalue weighted by atomic mass is 9.74. The predicted octanol–water partition coefficient (Wildman–Crippen LogP) is 2.87. The third-order valence-electron chi connectivity index (χ3n) is 5.97. The molecule has 1 aliphatic carbocycles. The zero-order valence-corrected chi connectivity index (χ0v) is 16.1. The minimum absolute atomic E-state index is 0.0737. The van der Waals surface area contributed by atoms with Gasteiger partial charge in [0.2, 0.25) is 5.75 Å². The monoisotopic (exact) mass is 361 g/mol. The van der Waals surface area contributed by atoms with Crippen LogP contribution in [0.5, 0.6) is 17.2 Å². The van der Waals surface area contributed by atoms with Crippen LogP contribution in [0.3, 0.4) is 0 Å². The largest absolute Gasteiger partial charge is 0.493 e. The summed E-state index contributed by atoms with van der Waals surface area (Å²) in [5.74, 6) is 2.10. The number of ether oxygens (including phenoxy) is 5. The Bertz CT molecular complexity index is 731. The molecule has 6 heteroatoms. The van der Waals surface area contributed by atoms with Crippen molar-refractivity contribution in [1.82, 2.24) is 4.90 Å². The van der Waals surface area contributed by atoms with Crippen LogP contribution in [0.2, 0.25) is 0 Å². The van der Waals surface area contributed by atoms with Crippen molar-refractivity contribution in [2.75, 3.05) is 42.0 Å². The maximum Gasteiger partial charge on any atom is 0.203 e. The van der Waals surface area contributed by atoms with Crippen LogP contribution >= 0.6 is 0 Å². The Morgan fingerprint density at radius 2 is 1.85 bits per heavy atom. The molecule has 4 rings (SSSR count). The van der Waals surface area contributed by atoms with Crippen LogP contribution in [0.4, 0.5) is 0 Å². The molecule has 4 atom stereocenters. The minimum atomic E-state index is -0.484. The molecule has 0 saturated carbocycles. The first-order valence-electron chi connectivity index (χ1n) is 9.04. The molecule has 0 radical (unpaired) electrons. The van der Waals surface area contributed by atoms with E-state index in [0.717, 1.165) is 24.9 Å². The zero-order valence-electron chi connectivity index (χ0n) is 16.1. The SMILES string of the molecule is COc1cc2c(c(OC)c1OC)[C@@H](OC)O[C@H]1CC=C3CCN(C)C3[C@@H]21. The number of hydrogen-bond acceptors (Lipinski definition) is 6. The number of likely N-dealkylation sites (tertiary alicyclic amines) is 1. The second-order valence-corrected chi connectivity index (χ2v) is 7.11. The molecule has 142 valence electrons. The molecule has 1 aromatic carbocycles. The lowest BCUT2D eigenvalue weighted by Crippen LogP contribution is -2.45. The van der Waals surface area contributed by atoms with Crippen molar-refractivity contribution in [2.45, 2.75) is 37.2 Å². The topological polar surface area (TPSA) is 49.4 Å². The first-order valence-corrected chi connectivity index (χ1v) is 9.04. The Morgan fingerprint density at radius 3 is 2.50 bits per heavy atom. The number of methoxy groups -OCH3 is 4. The Balaban J connectivity index is 1.94. The number of likely N-dealkylation sites (N-methyl/N-ethyl adjacent to an activating group) is 1. The Labute approximate surface area is 154 Å². The first kappa shape index (κ1) is 17.6. The summed E-state index contributed by atoms with van der Waals surface area (Å²) < 4.78 is 29.0. The summed E-state index contributed by atoms with van der Waals surface area (Å²) in [4.78, 5) is 2.42. The average molecular weight is 361 g/mol. The minimum Gasteiger partial charge on any atom is -0.493 e. The highest BCUT2D eigenvalue weighted by Gasteiger charge is 2.48. The van der Waals surface area contributed by atoms with Crippen molar-refractivity contribution in [2.24, 2.45) is 0 Å². The van der Waals surface area contributed by atoms with E-state index in [4.69, 9.17) is 23.7 Å². The number of nitrogens with zero attached hydrogens (tertiary/aromatic N) is 1. The van der Waals surface area contributed by atoms with Gasteiger partial charge in [-0.3, -0.25) is 4.90 Å². The van der Waals surface area contributed by atoms with Gasteiger partial charge in [0.05, 0.1) is 33.0 Å². The lowest BCUT2D eigenvalue weighted by molar-refractivity contribution is -0.180. The van der Waals surface area contributed by atoms with E-state index >= 15 is 0 Å². The third-order valence-corrected chi connectivity index (χ3v) is 5.97. The van der Waals surface area contributed by atoms with E-state index in [1.807, 2.05) is 0 Å². The number of hydrogen-bond donors (Lipinski definition) is 0. The molecular weight excluding hydrogens is 334 g/mol. The first-order chi connectivity index (χ1) is 12.6. The van der Waals surface area contributed by atoms with E-state index in [0.29, 0.717) is 23.3 Å². The summed E-state index contributed by atoms with van der Waals surface area (Å²) in [5, 5.41) is 0. The second-order valence-electron chi connectivity index (χ2n) is 7.11. The van der Waals surface area contributed by atoms with Crippen molar-refractivity contribution >= 4 is 0 Å². The van der Waals surface area contributed by atoms with Crippen LogP contribution in [0.1, 0.15) is 36.2 Å². The maximum absolute atomic E-state index is 6.37. The van der Waals surface area contributed by atoms with Crippen molar-refractivity contribution in [3.05, 3.63) is 28.8 Å². The standard InChI is InChI=1S/C20H27NO5/c1-21-9-8-11-6-7-13-15(17(11)21)12-10-14(22-2)18(23-3)19(24-4)16(12)20(25-5)26-13/h6,10,13,15,17,20H,7-9H2,1-5H3/t13-,15-,17?,20-/m0/s1. The smallest absolute Gasteiger partial charge is 0.203 e. The van der Waals surface area contributed by atoms with Gasteiger partial charge in [0.15, 0.2) is 17.8 Å². The molecule has 0 N–H and O–H groups in total. The van der Waals surface area contributed by atoms with Crippen LogP contribution in [0.25, 0.3) is 0 Å². The number of rotatable bonds is 4. The molecule has 2 aliphatic heterocycles. The summed E-state index contributed by atoms with van der Waals surface area (Å²) in [6.45, 7) is 1.08. The van der Waals surface area contributed by atoms with E-state index in [1.54, 1.807) is 28.4 Å². The van der Waals surface area contributed by atoms with Gasteiger partial charge in [-0.1, -0.05) is 11.6 Å². The highest BCUT2D eigenvalue weighted by Crippen LogP contribution is 2.55. The summed E-state index contributed by atoms with van der Waals surface area (Å²) in [6.07, 6.45) is 3.97. The lowest BCUT2D eigenvalue weighted by Gasteiger charge is -2.45. The summed E-state index contributed by atoms with van der Waals surface area (Å²) in [7, 11) is 8.77. The molecule has 1 aromatic rings. The van der Waals surface area contributed by atoms with Crippen LogP contribution in [-0.2, 0) is 9.47 Å². The average Bonchev–Trinajstić information content (AvgIpc) is 3.06. The maximum atomic E-state index is 6.37. The fourth-order valence-corrected chi connectivity index (χ4v) is 4.85. The highest BCUT2D eigenvalue weighted by molar-refractivity contribution is 5.62. The predicted molar refractivity (Wildman–Crippen MR) is 97.2 cm³/mol. The van der Waals surface area contributed by atoms with Crippen LogP contribution in [0, 0.1) is 0 Å². The zero-order chi connectivity index (χ0) is 18.4. The van der Waals surface area contributed by atoms with Crippen LogP contribution in [0.15, 0.2) is 17.7 Å². The molecule has 0 amide bonds. The molecule has 6 nitrogen and oxygen atoms in total. The van der Waals surface area contributed by atoms with E-state index in [1.165, 1.54) is 11.1 Å². The molecule has 0 aromatic heterocycles. The van der Waals surface area contributed by atoms with Crippen molar-refractivity contribution in [3.8, 4) is 17.2 Å². The molecular formula is C20H27NO5. The van der Waals surface area contributed by atoms with Gasteiger partial charge >= 0.3 is 0 Å². The van der Waals surface area contributed by atoms with Gasteiger partial charge in [-0.25, -0.2) is 0 Å². The summed E-state index contributed by atoms with van der Waals surface area (Å²) >= 11 is 0. The van der Waals surface area contributed by atoms with Crippen molar-refractivity contribution < 1.29 is 23.7 Å². The van der Waals surface area contributed by atoms with E-state index < -0.39 is 6.29 Å². The quantitative estimate of drug-likeness (QED) is 0.769. The molecule has 26 heavy (non-hydrogen) atoms. The van der Waals surface area contributed by atoms with Crippen LogP contribution < -0.4 is 14.2 Å². The Kier molecular flexibility index (Phi) is 4.59.